The first-order chi connectivity index (χ1) is 6.71. The first-order valence-electron chi connectivity index (χ1n) is 5.84. The molecule has 2 nitrogen and oxygen atoms in total. The Hall–Kier alpha value is 0.270. The molecule has 0 bridgehead atoms. The van der Waals surface area contributed by atoms with Gasteiger partial charge in [0.25, 0.3) is 0 Å². The summed E-state index contributed by atoms with van der Waals surface area (Å²) in [6.45, 7) is 8.39. The largest absolute Gasteiger partial charge is 0.317 e. The van der Waals surface area contributed by atoms with Crippen molar-refractivity contribution in [3.8, 4) is 0 Å². The van der Waals surface area contributed by atoms with Crippen molar-refractivity contribution in [3.05, 3.63) is 0 Å². The summed E-state index contributed by atoms with van der Waals surface area (Å²) in [5, 5.41) is 8.01. The van der Waals surface area contributed by atoms with Crippen molar-refractivity contribution in [3.63, 3.8) is 0 Å². The van der Waals surface area contributed by atoms with Crippen LogP contribution in [0.25, 0.3) is 0 Å². The van der Waals surface area contributed by atoms with Crippen LogP contribution in [-0.4, -0.2) is 29.8 Å². The average molecular weight is 214 g/mol. The van der Waals surface area contributed by atoms with E-state index in [2.05, 4.69) is 36.2 Å². The lowest BCUT2D eigenvalue weighted by molar-refractivity contribution is 0.260. The summed E-state index contributed by atoms with van der Waals surface area (Å²) < 4.78 is 0. The molecule has 2 fully saturated rings. The minimum absolute atomic E-state index is 0.347. The van der Waals surface area contributed by atoms with Gasteiger partial charge in [0, 0.05) is 5.25 Å². The average Bonchev–Trinajstić information content (AvgIpc) is 2.19. The highest BCUT2D eigenvalue weighted by Crippen LogP contribution is 2.40. The molecule has 0 saturated carbocycles. The Morgan fingerprint density at radius 2 is 1.86 bits per heavy atom. The molecule has 3 heteroatoms. The number of thioether (sulfide) groups is 1. The molecular weight excluding hydrogens is 192 g/mol. The highest BCUT2D eigenvalue weighted by molar-refractivity contribution is 8.01. The second-order valence-corrected chi connectivity index (χ2v) is 6.66. The van der Waals surface area contributed by atoms with Crippen LogP contribution < -0.4 is 10.6 Å². The zero-order valence-electron chi connectivity index (χ0n) is 9.31. The van der Waals surface area contributed by atoms with Gasteiger partial charge in [-0.2, -0.15) is 0 Å². The van der Waals surface area contributed by atoms with Crippen molar-refractivity contribution < 1.29 is 0 Å². The van der Waals surface area contributed by atoms with Gasteiger partial charge in [0.1, 0.15) is 0 Å². The Morgan fingerprint density at radius 3 is 2.50 bits per heavy atom. The van der Waals surface area contributed by atoms with Crippen molar-refractivity contribution in [2.24, 2.45) is 5.92 Å². The van der Waals surface area contributed by atoms with E-state index in [1.807, 2.05) is 0 Å². The summed E-state index contributed by atoms with van der Waals surface area (Å²) in [5.41, 5.74) is 0. The maximum absolute atomic E-state index is 3.73. The lowest BCUT2D eigenvalue weighted by Gasteiger charge is -2.45. The molecule has 0 aromatic heterocycles. The van der Waals surface area contributed by atoms with Gasteiger partial charge < -0.3 is 10.6 Å². The van der Waals surface area contributed by atoms with Crippen LogP contribution in [0.1, 0.15) is 33.1 Å². The van der Waals surface area contributed by atoms with Gasteiger partial charge in [-0.3, -0.25) is 0 Å². The molecule has 0 aromatic carbocycles. The van der Waals surface area contributed by atoms with Crippen molar-refractivity contribution in [1.82, 2.24) is 10.6 Å². The monoisotopic (exact) mass is 214 g/mol. The Kier molecular flexibility index (Phi) is 3.40. The summed E-state index contributed by atoms with van der Waals surface area (Å²) in [5.74, 6) is 0.858. The zero-order valence-corrected chi connectivity index (χ0v) is 10.1. The maximum Gasteiger partial charge on any atom is 0.0648 e. The molecule has 0 aliphatic carbocycles. The van der Waals surface area contributed by atoms with E-state index >= 15 is 0 Å². The summed E-state index contributed by atoms with van der Waals surface area (Å²) >= 11 is 2.16. The predicted molar refractivity (Wildman–Crippen MR) is 63.7 cm³/mol. The molecule has 0 aromatic rings. The number of rotatable bonds is 1. The minimum atomic E-state index is 0.347. The predicted octanol–water partition coefficient (Wildman–Crippen LogP) is 1.82. The molecule has 2 atom stereocenters. The lowest BCUT2D eigenvalue weighted by Crippen LogP contribution is -2.53. The quantitative estimate of drug-likeness (QED) is 0.696. The van der Waals surface area contributed by atoms with E-state index in [1.165, 1.54) is 38.9 Å². The smallest absolute Gasteiger partial charge is 0.0648 e. The Labute approximate surface area is 91.6 Å². The van der Waals surface area contributed by atoms with Crippen LogP contribution in [0.5, 0.6) is 0 Å². The van der Waals surface area contributed by atoms with Gasteiger partial charge in [0.2, 0.25) is 0 Å². The number of hydrogen-bond acceptors (Lipinski definition) is 3. The SMILES string of the molecule is CC1CCNC(C)(C2CCNCC2)S1. The summed E-state index contributed by atoms with van der Waals surface area (Å²) in [6.07, 6.45) is 4.00. The van der Waals surface area contributed by atoms with Gasteiger partial charge in [0.05, 0.1) is 4.87 Å². The van der Waals surface area contributed by atoms with Crippen LogP contribution in [0.2, 0.25) is 0 Å². The van der Waals surface area contributed by atoms with Gasteiger partial charge in [-0.15, -0.1) is 11.8 Å². The third kappa shape index (κ3) is 2.26. The molecule has 2 heterocycles. The molecule has 2 unspecified atom stereocenters. The fourth-order valence-electron chi connectivity index (χ4n) is 2.66. The maximum atomic E-state index is 3.73. The third-order valence-electron chi connectivity index (χ3n) is 3.59. The highest BCUT2D eigenvalue weighted by Gasteiger charge is 2.38. The van der Waals surface area contributed by atoms with Crippen LogP contribution in [-0.2, 0) is 0 Å². The molecule has 2 N–H and O–H groups in total. The van der Waals surface area contributed by atoms with E-state index in [0.29, 0.717) is 4.87 Å². The standard InChI is InChI=1S/C11H22N2S/c1-9-3-8-13-11(2,14-9)10-4-6-12-7-5-10/h9-10,12-13H,3-8H2,1-2H3. The molecule has 2 aliphatic heterocycles. The fourth-order valence-corrected chi connectivity index (χ4v) is 4.34. The van der Waals surface area contributed by atoms with Gasteiger partial charge in [-0.05, 0) is 51.7 Å². The second kappa shape index (κ2) is 4.42. The van der Waals surface area contributed by atoms with E-state index in [1.54, 1.807) is 0 Å². The molecule has 2 saturated heterocycles. The number of hydrogen-bond donors (Lipinski definition) is 2. The van der Waals surface area contributed by atoms with Crippen molar-refractivity contribution >= 4 is 11.8 Å². The van der Waals surface area contributed by atoms with Gasteiger partial charge in [-0.1, -0.05) is 6.92 Å². The molecule has 0 radical (unpaired) electrons. The number of piperidine rings is 1. The second-order valence-electron chi connectivity index (χ2n) is 4.78. The normalized spacial score (nSPS) is 41.1. The molecule has 0 spiro atoms. The van der Waals surface area contributed by atoms with Crippen LogP contribution >= 0.6 is 11.8 Å². The van der Waals surface area contributed by atoms with E-state index in [9.17, 15) is 0 Å². The van der Waals surface area contributed by atoms with Gasteiger partial charge in [-0.25, -0.2) is 0 Å². The summed E-state index contributed by atoms with van der Waals surface area (Å²) in [6, 6.07) is 0. The van der Waals surface area contributed by atoms with Crippen molar-refractivity contribution in [2.45, 2.75) is 43.2 Å². The van der Waals surface area contributed by atoms with Crippen LogP contribution in [0, 0.1) is 5.92 Å². The zero-order chi connectivity index (χ0) is 10.0. The van der Waals surface area contributed by atoms with E-state index in [0.717, 1.165) is 11.2 Å². The summed E-state index contributed by atoms with van der Waals surface area (Å²) in [4.78, 5) is 0.347. The summed E-state index contributed by atoms with van der Waals surface area (Å²) in [7, 11) is 0. The minimum Gasteiger partial charge on any atom is -0.317 e. The topological polar surface area (TPSA) is 24.1 Å². The first-order valence-corrected chi connectivity index (χ1v) is 6.72. The first kappa shape index (κ1) is 10.8. The Morgan fingerprint density at radius 1 is 1.14 bits per heavy atom. The highest BCUT2D eigenvalue weighted by atomic mass is 32.2. The molecule has 14 heavy (non-hydrogen) atoms. The fraction of sp³-hybridized carbons (Fsp3) is 1.00. The Balaban J connectivity index is 1.98. The molecule has 2 aliphatic rings. The van der Waals surface area contributed by atoms with Crippen LogP contribution in [0.3, 0.4) is 0 Å². The lowest BCUT2D eigenvalue weighted by atomic mass is 9.90. The van der Waals surface area contributed by atoms with Crippen LogP contribution in [0.15, 0.2) is 0 Å². The van der Waals surface area contributed by atoms with E-state index in [-0.39, 0.29) is 0 Å². The molecule has 82 valence electrons. The number of nitrogens with one attached hydrogen (secondary N) is 2. The third-order valence-corrected chi connectivity index (χ3v) is 5.20. The van der Waals surface area contributed by atoms with Crippen LogP contribution in [0.4, 0.5) is 0 Å². The molecule has 0 amide bonds. The molecular formula is C11H22N2S. The van der Waals surface area contributed by atoms with Crippen molar-refractivity contribution in [2.75, 3.05) is 19.6 Å². The van der Waals surface area contributed by atoms with E-state index < -0.39 is 0 Å². The molecule has 2 rings (SSSR count). The van der Waals surface area contributed by atoms with Gasteiger partial charge in [0.15, 0.2) is 0 Å². The van der Waals surface area contributed by atoms with Crippen molar-refractivity contribution in [1.29, 1.82) is 0 Å². The van der Waals surface area contributed by atoms with Gasteiger partial charge >= 0.3 is 0 Å². The van der Waals surface area contributed by atoms with E-state index in [4.69, 9.17) is 0 Å². The Bertz CT molecular complexity index is 192.